The van der Waals surface area contributed by atoms with Gasteiger partial charge in [-0.1, -0.05) is 25.1 Å². The van der Waals surface area contributed by atoms with Crippen LogP contribution >= 0.6 is 22.6 Å². The molecule has 0 aliphatic heterocycles. The van der Waals surface area contributed by atoms with Crippen molar-refractivity contribution in [1.82, 2.24) is 0 Å². The Hall–Kier alpha value is -1.76. The van der Waals surface area contributed by atoms with Gasteiger partial charge in [0.2, 0.25) is 0 Å². The van der Waals surface area contributed by atoms with E-state index < -0.39 is 0 Å². The fourth-order valence-electron chi connectivity index (χ4n) is 1.81. The van der Waals surface area contributed by atoms with Crippen LogP contribution in [-0.4, -0.2) is 19.1 Å². The van der Waals surface area contributed by atoms with Crippen molar-refractivity contribution in [3.8, 4) is 11.5 Å². The first-order valence-electron chi connectivity index (χ1n) is 7.09. The highest BCUT2D eigenvalue weighted by Crippen LogP contribution is 2.26. The van der Waals surface area contributed by atoms with Gasteiger partial charge in [0.05, 0.1) is 6.61 Å². The lowest BCUT2D eigenvalue weighted by Crippen LogP contribution is -2.20. The Labute approximate surface area is 144 Å². The molecule has 0 unspecified atom stereocenters. The van der Waals surface area contributed by atoms with Crippen LogP contribution in [0.25, 0.3) is 0 Å². The highest BCUT2D eigenvalue weighted by Gasteiger charge is 2.08. The topological polar surface area (TPSA) is 47.6 Å². The van der Waals surface area contributed by atoms with Gasteiger partial charge in [0.1, 0.15) is 0 Å². The third-order valence-corrected chi connectivity index (χ3v) is 3.45. The minimum atomic E-state index is -0.202. The zero-order valence-corrected chi connectivity index (χ0v) is 14.5. The van der Waals surface area contributed by atoms with Crippen molar-refractivity contribution in [1.29, 1.82) is 0 Å². The van der Waals surface area contributed by atoms with Gasteiger partial charge in [-0.25, -0.2) is 0 Å². The van der Waals surface area contributed by atoms with E-state index in [4.69, 9.17) is 9.47 Å². The Morgan fingerprint density at radius 3 is 2.50 bits per heavy atom. The van der Waals surface area contributed by atoms with Crippen LogP contribution in [0.1, 0.15) is 13.3 Å². The fraction of sp³-hybridized carbons (Fsp3) is 0.235. The van der Waals surface area contributed by atoms with Crippen LogP contribution in [0, 0.1) is 3.57 Å². The number of ether oxygens (including phenoxy) is 2. The Morgan fingerprint density at radius 2 is 1.82 bits per heavy atom. The molecule has 0 atom stereocenters. The van der Waals surface area contributed by atoms with Crippen molar-refractivity contribution in [3.63, 3.8) is 0 Å². The van der Waals surface area contributed by atoms with Crippen LogP contribution < -0.4 is 14.8 Å². The summed E-state index contributed by atoms with van der Waals surface area (Å²) in [6.45, 7) is 2.60. The van der Waals surface area contributed by atoms with Crippen molar-refractivity contribution in [2.75, 3.05) is 18.5 Å². The molecule has 1 N–H and O–H groups in total. The zero-order chi connectivity index (χ0) is 15.8. The van der Waals surface area contributed by atoms with Crippen molar-refractivity contribution in [3.05, 3.63) is 52.1 Å². The number of halogens is 1. The Balaban J connectivity index is 1.91. The van der Waals surface area contributed by atoms with E-state index in [2.05, 4.69) is 27.9 Å². The molecule has 22 heavy (non-hydrogen) atoms. The molecular formula is C17H18INO3. The number of hydrogen-bond acceptors (Lipinski definition) is 3. The normalized spacial score (nSPS) is 10.1. The van der Waals surface area contributed by atoms with Gasteiger partial charge in [-0.2, -0.15) is 0 Å². The highest BCUT2D eigenvalue weighted by atomic mass is 127. The zero-order valence-electron chi connectivity index (χ0n) is 12.3. The molecule has 0 aliphatic rings. The monoisotopic (exact) mass is 411 g/mol. The van der Waals surface area contributed by atoms with E-state index in [1.165, 1.54) is 0 Å². The lowest BCUT2D eigenvalue weighted by Gasteiger charge is -2.12. The summed E-state index contributed by atoms with van der Waals surface area (Å²) < 4.78 is 12.2. The van der Waals surface area contributed by atoms with Gasteiger partial charge in [-0.3, -0.25) is 4.79 Å². The maximum atomic E-state index is 11.9. The quantitative estimate of drug-likeness (QED) is 0.699. The van der Waals surface area contributed by atoms with Crippen LogP contribution in [0.3, 0.4) is 0 Å². The minimum Gasteiger partial charge on any atom is -0.490 e. The van der Waals surface area contributed by atoms with E-state index in [1.54, 1.807) is 6.07 Å². The number of carbonyl (C=O) groups is 1. The van der Waals surface area contributed by atoms with E-state index in [0.717, 1.165) is 15.7 Å². The summed E-state index contributed by atoms with van der Waals surface area (Å²) in [5.41, 5.74) is 0.760. The molecule has 5 heteroatoms. The van der Waals surface area contributed by atoms with E-state index in [1.807, 2.05) is 49.4 Å². The number of anilines is 1. The van der Waals surface area contributed by atoms with Crippen molar-refractivity contribution in [2.45, 2.75) is 13.3 Å². The maximum Gasteiger partial charge on any atom is 0.262 e. The van der Waals surface area contributed by atoms with E-state index in [-0.39, 0.29) is 12.5 Å². The number of carbonyl (C=O) groups excluding carboxylic acids is 1. The molecule has 0 bridgehead atoms. The summed E-state index contributed by atoms with van der Waals surface area (Å²) in [5, 5.41) is 2.81. The lowest BCUT2D eigenvalue weighted by atomic mass is 10.3. The largest absolute Gasteiger partial charge is 0.490 e. The molecule has 116 valence electrons. The second kappa shape index (κ2) is 8.63. The Morgan fingerprint density at radius 1 is 1.09 bits per heavy atom. The third-order valence-electron chi connectivity index (χ3n) is 2.78. The van der Waals surface area contributed by atoms with Crippen molar-refractivity contribution < 1.29 is 14.3 Å². The average Bonchev–Trinajstić information content (AvgIpc) is 2.51. The maximum absolute atomic E-state index is 11.9. The summed E-state index contributed by atoms with van der Waals surface area (Å²) in [6.07, 6.45) is 0.918. The summed E-state index contributed by atoms with van der Waals surface area (Å²) in [4.78, 5) is 11.9. The summed E-state index contributed by atoms with van der Waals surface area (Å²) >= 11 is 2.20. The SMILES string of the molecule is CCCOc1ccccc1OCC(=O)Nc1cccc(I)c1. The molecule has 0 saturated carbocycles. The molecule has 4 nitrogen and oxygen atoms in total. The molecule has 2 rings (SSSR count). The van der Waals surface area contributed by atoms with Crippen LogP contribution in [0.4, 0.5) is 5.69 Å². The third kappa shape index (κ3) is 5.22. The molecule has 0 radical (unpaired) electrons. The number of para-hydroxylation sites is 2. The van der Waals surface area contributed by atoms with Gasteiger partial charge in [-0.15, -0.1) is 0 Å². The molecule has 0 spiro atoms. The molecule has 0 heterocycles. The predicted molar refractivity (Wildman–Crippen MR) is 95.5 cm³/mol. The summed E-state index contributed by atoms with van der Waals surface area (Å²) in [7, 11) is 0. The highest BCUT2D eigenvalue weighted by molar-refractivity contribution is 14.1. The lowest BCUT2D eigenvalue weighted by molar-refractivity contribution is -0.118. The molecule has 2 aromatic carbocycles. The number of hydrogen-bond donors (Lipinski definition) is 1. The Kier molecular flexibility index (Phi) is 6.51. The molecule has 1 amide bonds. The fourth-order valence-corrected chi connectivity index (χ4v) is 2.35. The van der Waals surface area contributed by atoms with Crippen LogP contribution in [-0.2, 0) is 4.79 Å². The molecule has 0 aromatic heterocycles. The van der Waals surface area contributed by atoms with Gasteiger partial charge >= 0.3 is 0 Å². The Bertz CT molecular complexity index is 631. The van der Waals surface area contributed by atoms with Crippen LogP contribution in [0.5, 0.6) is 11.5 Å². The van der Waals surface area contributed by atoms with E-state index in [0.29, 0.717) is 18.1 Å². The van der Waals surface area contributed by atoms with Gasteiger partial charge in [-0.05, 0) is 59.3 Å². The van der Waals surface area contributed by atoms with Gasteiger partial charge in [0.25, 0.3) is 5.91 Å². The summed E-state index contributed by atoms with van der Waals surface area (Å²) in [6, 6.07) is 15.0. The van der Waals surface area contributed by atoms with Crippen LogP contribution in [0.2, 0.25) is 0 Å². The minimum absolute atomic E-state index is 0.0576. The number of nitrogens with one attached hydrogen (secondary N) is 1. The number of rotatable bonds is 7. The molecule has 2 aromatic rings. The van der Waals surface area contributed by atoms with E-state index in [9.17, 15) is 4.79 Å². The molecule has 0 saturated heterocycles. The van der Waals surface area contributed by atoms with Crippen LogP contribution in [0.15, 0.2) is 48.5 Å². The predicted octanol–water partition coefficient (Wildman–Crippen LogP) is 4.10. The standard InChI is InChI=1S/C17H18INO3/c1-2-10-21-15-8-3-4-9-16(15)22-12-17(20)19-14-7-5-6-13(18)11-14/h3-9,11H,2,10,12H2,1H3,(H,19,20). The van der Waals surface area contributed by atoms with E-state index >= 15 is 0 Å². The summed E-state index contributed by atoms with van der Waals surface area (Å²) in [5.74, 6) is 1.03. The first kappa shape index (κ1) is 16.6. The van der Waals surface area contributed by atoms with Crippen molar-refractivity contribution >= 4 is 34.2 Å². The van der Waals surface area contributed by atoms with Gasteiger partial charge in [0, 0.05) is 9.26 Å². The molecular weight excluding hydrogens is 393 g/mol. The molecule has 0 aliphatic carbocycles. The second-order valence-electron chi connectivity index (χ2n) is 4.64. The number of benzene rings is 2. The first-order chi connectivity index (χ1) is 10.7. The smallest absolute Gasteiger partial charge is 0.262 e. The van der Waals surface area contributed by atoms with Gasteiger partial charge < -0.3 is 14.8 Å². The number of amides is 1. The van der Waals surface area contributed by atoms with Crippen molar-refractivity contribution in [2.24, 2.45) is 0 Å². The molecule has 0 fully saturated rings. The average molecular weight is 411 g/mol. The second-order valence-corrected chi connectivity index (χ2v) is 5.89. The first-order valence-corrected chi connectivity index (χ1v) is 8.17. The van der Waals surface area contributed by atoms with Gasteiger partial charge in [0.15, 0.2) is 18.1 Å².